The van der Waals surface area contributed by atoms with Gasteiger partial charge in [-0.25, -0.2) is 27.7 Å². The van der Waals surface area contributed by atoms with E-state index in [4.69, 9.17) is 9.84 Å². The van der Waals surface area contributed by atoms with Crippen molar-refractivity contribution in [1.29, 1.82) is 0 Å². The number of allylic oxidation sites excluding steroid dienone is 1. The maximum atomic E-state index is 14.7. The molecule has 1 aliphatic rings. The molecule has 0 atom stereocenters. The molecule has 0 spiro atoms. The fraction of sp³-hybridized carbons (Fsp3) is 0.367. The number of nitrogens with zero attached hydrogens (tertiary/aromatic N) is 3. The van der Waals surface area contributed by atoms with E-state index in [2.05, 4.69) is 10.3 Å². The molecule has 1 aliphatic heterocycles. The summed E-state index contributed by atoms with van der Waals surface area (Å²) in [6, 6.07) is 7.45. The van der Waals surface area contributed by atoms with Crippen LogP contribution in [0.1, 0.15) is 60.9 Å². The van der Waals surface area contributed by atoms with Crippen LogP contribution in [-0.2, 0) is 17.7 Å². The number of halogens is 3. The number of carboxylic acids is 1. The summed E-state index contributed by atoms with van der Waals surface area (Å²) in [7, 11) is 0. The van der Waals surface area contributed by atoms with Gasteiger partial charge in [0, 0.05) is 43.0 Å². The SMILES string of the molecule is CCCCOC(=O)N(CCCCNCc1nc2n(c1-c1cc(F)c(F)cc1F)C=CCC2)c1ccc(C(=O)O)cc1. The number of carbonyl (C=O) groups is 2. The van der Waals surface area contributed by atoms with Gasteiger partial charge in [0.25, 0.3) is 0 Å². The van der Waals surface area contributed by atoms with Crippen LogP contribution in [0.4, 0.5) is 23.7 Å². The van der Waals surface area contributed by atoms with Gasteiger partial charge in [-0.15, -0.1) is 0 Å². The number of carboxylic acid groups (broad SMARTS) is 1. The summed E-state index contributed by atoms with van der Waals surface area (Å²) in [6.45, 7) is 3.48. The van der Waals surface area contributed by atoms with Gasteiger partial charge in [-0.1, -0.05) is 19.4 Å². The molecule has 0 radical (unpaired) electrons. The third-order valence-corrected chi connectivity index (χ3v) is 6.76. The first-order valence-electron chi connectivity index (χ1n) is 13.7. The number of aromatic carboxylic acids is 1. The summed E-state index contributed by atoms with van der Waals surface area (Å²) < 4.78 is 49.4. The highest BCUT2D eigenvalue weighted by molar-refractivity contribution is 5.90. The number of anilines is 1. The monoisotopic (exact) mass is 570 g/mol. The number of ether oxygens (including phenoxy) is 1. The van der Waals surface area contributed by atoms with Gasteiger partial charge in [-0.2, -0.15) is 0 Å². The number of carbonyl (C=O) groups excluding carboxylic acids is 1. The Morgan fingerprint density at radius 3 is 2.56 bits per heavy atom. The smallest absolute Gasteiger partial charge is 0.414 e. The highest BCUT2D eigenvalue weighted by Crippen LogP contribution is 2.31. The molecule has 2 N–H and O–H groups in total. The lowest BCUT2D eigenvalue weighted by atomic mass is 10.1. The van der Waals surface area contributed by atoms with Crippen molar-refractivity contribution in [2.45, 2.75) is 52.0 Å². The molecule has 2 heterocycles. The van der Waals surface area contributed by atoms with Crippen LogP contribution in [-0.4, -0.2) is 46.4 Å². The number of nitrogens with one attached hydrogen (secondary N) is 1. The van der Waals surface area contributed by atoms with Crippen LogP contribution in [0.3, 0.4) is 0 Å². The molecule has 0 saturated heterocycles. The summed E-state index contributed by atoms with van der Waals surface area (Å²) in [5.41, 5.74) is 1.51. The van der Waals surface area contributed by atoms with Crippen molar-refractivity contribution in [3.05, 3.63) is 77.0 Å². The molecule has 218 valence electrons. The Balaban J connectivity index is 1.38. The molecule has 4 rings (SSSR count). The number of fused-ring (bicyclic) bond motifs is 1. The van der Waals surface area contributed by atoms with Crippen LogP contribution < -0.4 is 10.2 Å². The van der Waals surface area contributed by atoms with Crippen molar-refractivity contribution >= 4 is 23.9 Å². The van der Waals surface area contributed by atoms with Crippen molar-refractivity contribution < 1.29 is 32.6 Å². The minimum atomic E-state index is -1.25. The minimum absolute atomic E-state index is 0.0582. The van der Waals surface area contributed by atoms with Crippen LogP contribution in [0, 0.1) is 17.5 Å². The zero-order valence-electron chi connectivity index (χ0n) is 22.8. The molecule has 11 heteroatoms. The van der Waals surface area contributed by atoms with E-state index in [0.717, 1.165) is 31.2 Å². The average molecular weight is 571 g/mol. The molecule has 0 fully saturated rings. The van der Waals surface area contributed by atoms with Gasteiger partial charge in [0.1, 0.15) is 11.6 Å². The average Bonchev–Trinajstić information content (AvgIpc) is 3.32. The van der Waals surface area contributed by atoms with Gasteiger partial charge in [-0.3, -0.25) is 4.90 Å². The van der Waals surface area contributed by atoms with E-state index in [1.54, 1.807) is 22.9 Å². The second-order valence-corrected chi connectivity index (χ2v) is 9.72. The van der Waals surface area contributed by atoms with E-state index in [1.165, 1.54) is 17.0 Å². The summed E-state index contributed by atoms with van der Waals surface area (Å²) in [5, 5.41) is 12.4. The van der Waals surface area contributed by atoms with E-state index in [0.29, 0.717) is 62.1 Å². The number of rotatable bonds is 13. The van der Waals surface area contributed by atoms with Gasteiger partial charge in [-0.05, 0) is 62.6 Å². The number of aromatic nitrogens is 2. The lowest BCUT2D eigenvalue weighted by molar-refractivity contribution is 0.0697. The summed E-state index contributed by atoms with van der Waals surface area (Å²) in [6.07, 6.45) is 7.52. The van der Waals surface area contributed by atoms with E-state index in [-0.39, 0.29) is 17.7 Å². The number of hydrogen-bond acceptors (Lipinski definition) is 5. The molecule has 0 saturated carbocycles. The third-order valence-electron chi connectivity index (χ3n) is 6.76. The number of benzene rings is 2. The largest absolute Gasteiger partial charge is 0.478 e. The predicted molar refractivity (Wildman–Crippen MR) is 149 cm³/mol. The van der Waals surface area contributed by atoms with Gasteiger partial charge < -0.3 is 19.7 Å². The molecule has 0 bridgehead atoms. The summed E-state index contributed by atoms with van der Waals surface area (Å²) in [4.78, 5) is 30.1. The number of imidazole rings is 1. The number of unbranched alkanes of at least 4 members (excludes halogenated alkanes) is 2. The Bertz CT molecular complexity index is 1410. The fourth-order valence-electron chi connectivity index (χ4n) is 4.59. The van der Waals surface area contributed by atoms with Crippen LogP contribution >= 0.6 is 0 Å². The first kappa shape index (κ1) is 29.9. The molecule has 0 unspecified atom stereocenters. The first-order chi connectivity index (χ1) is 19.8. The van der Waals surface area contributed by atoms with E-state index < -0.39 is 29.5 Å². The Labute approximate surface area is 236 Å². The van der Waals surface area contributed by atoms with Crippen molar-refractivity contribution in [1.82, 2.24) is 14.9 Å². The maximum absolute atomic E-state index is 14.7. The topological polar surface area (TPSA) is 96.7 Å². The van der Waals surface area contributed by atoms with Gasteiger partial charge in [0.15, 0.2) is 11.6 Å². The molecule has 41 heavy (non-hydrogen) atoms. The number of aryl methyl sites for hydroxylation is 1. The Morgan fingerprint density at radius 2 is 1.83 bits per heavy atom. The molecule has 1 amide bonds. The summed E-state index contributed by atoms with van der Waals surface area (Å²) >= 11 is 0. The fourth-order valence-corrected chi connectivity index (χ4v) is 4.59. The molecule has 3 aromatic rings. The lowest BCUT2D eigenvalue weighted by Gasteiger charge is -2.22. The van der Waals surface area contributed by atoms with E-state index >= 15 is 0 Å². The second kappa shape index (κ2) is 14.0. The van der Waals surface area contributed by atoms with Crippen LogP contribution in [0.5, 0.6) is 0 Å². The number of amides is 1. The highest BCUT2D eigenvalue weighted by atomic mass is 19.2. The van der Waals surface area contributed by atoms with Crippen molar-refractivity contribution in [3.8, 4) is 11.3 Å². The molecule has 1 aromatic heterocycles. The van der Waals surface area contributed by atoms with E-state index in [9.17, 15) is 22.8 Å². The van der Waals surface area contributed by atoms with Crippen molar-refractivity contribution in [2.75, 3.05) is 24.6 Å². The maximum Gasteiger partial charge on any atom is 0.414 e. The van der Waals surface area contributed by atoms with Gasteiger partial charge in [0.2, 0.25) is 0 Å². The normalized spacial score (nSPS) is 12.3. The quantitative estimate of drug-likeness (QED) is 0.183. The van der Waals surface area contributed by atoms with Crippen molar-refractivity contribution in [3.63, 3.8) is 0 Å². The predicted octanol–water partition coefficient (Wildman–Crippen LogP) is 6.40. The zero-order valence-corrected chi connectivity index (χ0v) is 22.8. The Kier molecular flexibility index (Phi) is 10.2. The standard InChI is InChI=1S/C30H33F3N4O4/c1-2-3-16-41-30(40)36(21-11-9-20(10-12-21)29(38)39)14-7-5-13-34-19-26-28(37-15-6-4-8-27(37)35-26)22-17-24(32)25(33)18-23(22)31/h6,9-12,15,17-18,34H,2-5,7-8,13-14,16,19H2,1H3,(H,38,39). The molecular weight excluding hydrogens is 537 g/mol. The Morgan fingerprint density at radius 1 is 1.07 bits per heavy atom. The van der Waals surface area contributed by atoms with Gasteiger partial charge >= 0.3 is 12.1 Å². The first-order valence-corrected chi connectivity index (χ1v) is 13.7. The molecule has 0 aliphatic carbocycles. The highest BCUT2D eigenvalue weighted by Gasteiger charge is 2.23. The second-order valence-electron chi connectivity index (χ2n) is 9.72. The summed E-state index contributed by atoms with van der Waals surface area (Å²) in [5.74, 6) is -3.58. The zero-order chi connectivity index (χ0) is 29.4. The Hall–Kier alpha value is -4.12. The van der Waals surface area contributed by atoms with Gasteiger partial charge in [0.05, 0.1) is 23.6 Å². The minimum Gasteiger partial charge on any atom is -0.478 e. The third kappa shape index (κ3) is 7.35. The van der Waals surface area contributed by atoms with Crippen LogP contribution in [0.2, 0.25) is 0 Å². The van der Waals surface area contributed by atoms with Crippen LogP contribution in [0.15, 0.2) is 42.5 Å². The molecular formula is C30H33F3N4O4. The lowest BCUT2D eigenvalue weighted by Crippen LogP contribution is -2.33. The van der Waals surface area contributed by atoms with E-state index in [1.807, 2.05) is 13.0 Å². The number of hydrogen-bond donors (Lipinski definition) is 2. The van der Waals surface area contributed by atoms with Crippen LogP contribution in [0.25, 0.3) is 17.5 Å². The molecule has 2 aromatic carbocycles. The molecule has 8 nitrogen and oxygen atoms in total. The van der Waals surface area contributed by atoms with Crippen molar-refractivity contribution in [2.24, 2.45) is 0 Å².